The molecule has 0 N–H and O–H groups in total. The van der Waals surface area contributed by atoms with Crippen LogP contribution in [-0.4, -0.2) is 17.3 Å². The van der Waals surface area contributed by atoms with E-state index in [0.717, 1.165) is 22.4 Å². The number of rotatable bonds is 6. The normalized spacial score (nSPS) is 11.6. The maximum absolute atomic E-state index is 5.50. The Hall–Kier alpha value is -3.20. The number of hydrogen-bond donors (Lipinski definition) is 0. The van der Waals surface area contributed by atoms with Gasteiger partial charge >= 0.3 is 0 Å². The van der Waals surface area contributed by atoms with Gasteiger partial charge < -0.3 is 4.84 Å². The van der Waals surface area contributed by atoms with Gasteiger partial charge in [-0.15, -0.1) is 0 Å². The van der Waals surface area contributed by atoms with Gasteiger partial charge in [-0.25, -0.2) is 0 Å². The molecule has 0 fully saturated rings. The van der Waals surface area contributed by atoms with Gasteiger partial charge in [0.05, 0.1) is 0 Å². The standard InChI is InChI=1S/C21H18N2O/c1-3-9-18(10-4-1)11-8-16-24-23-21(19-12-5-2-6-13-19)20-14-7-15-22-17-20/h1-15,17H,16H2/b11-8+,23-21?. The Balaban J connectivity index is 1.72. The molecule has 1 aromatic heterocycles. The van der Waals surface area contributed by atoms with Crippen LogP contribution in [0.25, 0.3) is 6.08 Å². The summed E-state index contributed by atoms with van der Waals surface area (Å²) in [5.41, 5.74) is 3.84. The lowest BCUT2D eigenvalue weighted by Gasteiger charge is -2.06. The fourth-order valence-electron chi connectivity index (χ4n) is 2.26. The maximum atomic E-state index is 5.50. The lowest BCUT2D eigenvalue weighted by molar-refractivity contribution is 0.175. The minimum atomic E-state index is 0.408. The van der Waals surface area contributed by atoms with Crippen LogP contribution in [0.1, 0.15) is 16.7 Å². The summed E-state index contributed by atoms with van der Waals surface area (Å²) in [6, 6.07) is 23.9. The molecule has 3 aromatic rings. The average molecular weight is 314 g/mol. The molecule has 0 bridgehead atoms. The quantitative estimate of drug-likeness (QED) is 0.379. The van der Waals surface area contributed by atoms with Gasteiger partial charge in [-0.05, 0) is 23.8 Å². The van der Waals surface area contributed by atoms with Gasteiger partial charge in [0.15, 0.2) is 0 Å². The van der Waals surface area contributed by atoms with E-state index in [1.807, 2.05) is 84.9 Å². The van der Waals surface area contributed by atoms with Gasteiger partial charge in [-0.3, -0.25) is 4.98 Å². The summed E-state index contributed by atoms with van der Waals surface area (Å²) in [6.07, 6.45) is 7.50. The van der Waals surface area contributed by atoms with Crippen LogP contribution in [0.4, 0.5) is 0 Å². The lowest BCUT2D eigenvalue weighted by Crippen LogP contribution is -2.04. The summed E-state index contributed by atoms with van der Waals surface area (Å²) in [5.74, 6) is 0. The minimum absolute atomic E-state index is 0.408. The number of hydrogen-bond acceptors (Lipinski definition) is 3. The largest absolute Gasteiger partial charge is 0.391 e. The molecule has 0 radical (unpaired) electrons. The monoisotopic (exact) mass is 314 g/mol. The van der Waals surface area contributed by atoms with Crippen molar-refractivity contribution in [2.24, 2.45) is 5.16 Å². The Bertz CT molecular complexity index is 756. The summed E-state index contributed by atoms with van der Waals surface area (Å²) >= 11 is 0. The zero-order valence-electron chi connectivity index (χ0n) is 13.2. The number of nitrogens with zero attached hydrogens (tertiary/aromatic N) is 2. The van der Waals surface area contributed by atoms with Crippen molar-refractivity contribution >= 4 is 11.8 Å². The van der Waals surface area contributed by atoms with Crippen molar-refractivity contribution in [1.29, 1.82) is 0 Å². The fraction of sp³-hybridized carbons (Fsp3) is 0.0476. The number of aromatic nitrogens is 1. The van der Waals surface area contributed by atoms with E-state index in [4.69, 9.17) is 4.84 Å². The first-order chi connectivity index (χ1) is 11.9. The molecule has 0 aliphatic carbocycles. The van der Waals surface area contributed by atoms with E-state index >= 15 is 0 Å². The van der Waals surface area contributed by atoms with Gasteiger partial charge in [-0.2, -0.15) is 0 Å². The Morgan fingerprint density at radius 2 is 1.58 bits per heavy atom. The topological polar surface area (TPSA) is 34.5 Å². The molecule has 0 aliphatic rings. The fourth-order valence-corrected chi connectivity index (χ4v) is 2.26. The molecule has 118 valence electrons. The second kappa shape index (κ2) is 8.44. The molecule has 0 unspecified atom stereocenters. The molecular weight excluding hydrogens is 296 g/mol. The summed E-state index contributed by atoms with van der Waals surface area (Å²) in [7, 11) is 0. The van der Waals surface area contributed by atoms with Gasteiger partial charge in [0.1, 0.15) is 12.3 Å². The first kappa shape index (κ1) is 15.7. The van der Waals surface area contributed by atoms with E-state index in [1.165, 1.54) is 0 Å². The lowest BCUT2D eigenvalue weighted by atomic mass is 10.0. The highest BCUT2D eigenvalue weighted by Crippen LogP contribution is 2.10. The molecule has 0 atom stereocenters. The van der Waals surface area contributed by atoms with Crippen molar-refractivity contribution in [3.05, 3.63) is 108 Å². The van der Waals surface area contributed by atoms with Crippen molar-refractivity contribution in [2.75, 3.05) is 6.61 Å². The van der Waals surface area contributed by atoms with Gasteiger partial charge in [0, 0.05) is 23.5 Å². The highest BCUT2D eigenvalue weighted by Gasteiger charge is 2.07. The van der Waals surface area contributed by atoms with Crippen molar-refractivity contribution in [3.8, 4) is 0 Å². The third-order valence-electron chi connectivity index (χ3n) is 3.42. The second-order valence-electron chi connectivity index (χ2n) is 5.16. The maximum Gasteiger partial charge on any atom is 0.135 e. The van der Waals surface area contributed by atoms with E-state index in [0.29, 0.717) is 6.61 Å². The van der Waals surface area contributed by atoms with Gasteiger partial charge in [0.25, 0.3) is 0 Å². The van der Waals surface area contributed by atoms with E-state index in [-0.39, 0.29) is 0 Å². The summed E-state index contributed by atoms with van der Waals surface area (Å²) in [5, 5.41) is 4.32. The van der Waals surface area contributed by atoms with Crippen LogP contribution in [0.15, 0.2) is 96.4 Å². The summed E-state index contributed by atoms with van der Waals surface area (Å²) < 4.78 is 0. The molecule has 0 aliphatic heterocycles. The van der Waals surface area contributed by atoms with Gasteiger partial charge in [-0.1, -0.05) is 71.9 Å². The predicted octanol–water partition coefficient (Wildman–Crippen LogP) is 4.56. The van der Waals surface area contributed by atoms with Crippen LogP contribution >= 0.6 is 0 Å². The van der Waals surface area contributed by atoms with Crippen molar-refractivity contribution in [1.82, 2.24) is 4.98 Å². The highest BCUT2D eigenvalue weighted by atomic mass is 16.6. The minimum Gasteiger partial charge on any atom is -0.391 e. The van der Waals surface area contributed by atoms with Crippen molar-refractivity contribution in [2.45, 2.75) is 0 Å². The van der Waals surface area contributed by atoms with Crippen molar-refractivity contribution in [3.63, 3.8) is 0 Å². The molecule has 0 saturated heterocycles. The zero-order valence-corrected chi connectivity index (χ0v) is 13.2. The number of benzene rings is 2. The van der Waals surface area contributed by atoms with Crippen LogP contribution < -0.4 is 0 Å². The van der Waals surface area contributed by atoms with E-state index < -0.39 is 0 Å². The summed E-state index contributed by atoms with van der Waals surface area (Å²) in [4.78, 5) is 9.66. The van der Waals surface area contributed by atoms with Crippen LogP contribution in [0, 0.1) is 0 Å². The summed E-state index contributed by atoms with van der Waals surface area (Å²) in [6.45, 7) is 0.408. The Morgan fingerprint density at radius 3 is 2.29 bits per heavy atom. The average Bonchev–Trinajstić information content (AvgIpc) is 2.67. The molecule has 3 heteroatoms. The Labute approximate surface area is 141 Å². The second-order valence-corrected chi connectivity index (χ2v) is 5.16. The molecule has 1 heterocycles. The molecule has 2 aromatic carbocycles. The highest BCUT2D eigenvalue weighted by molar-refractivity contribution is 6.12. The molecular formula is C21H18N2O. The SMILES string of the molecule is C(=C\c1ccccc1)/CON=C(c1ccccc1)c1cccnc1. The van der Waals surface area contributed by atoms with E-state index in [1.54, 1.807) is 12.4 Å². The predicted molar refractivity (Wildman–Crippen MR) is 97.7 cm³/mol. The first-order valence-electron chi connectivity index (χ1n) is 7.81. The molecule has 3 nitrogen and oxygen atoms in total. The number of pyridine rings is 1. The molecule has 3 rings (SSSR count). The van der Waals surface area contributed by atoms with Crippen LogP contribution in [0.2, 0.25) is 0 Å². The molecule has 0 amide bonds. The molecule has 24 heavy (non-hydrogen) atoms. The number of oxime groups is 1. The van der Waals surface area contributed by atoms with Crippen molar-refractivity contribution < 1.29 is 4.84 Å². The smallest absolute Gasteiger partial charge is 0.135 e. The van der Waals surface area contributed by atoms with Crippen LogP contribution in [-0.2, 0) is 4.84 Å². The molecule has 0 saturated carbocycles. The van der Waals surface area contributed by atoms with Gasteiger partial charge in [0.2, 0.25) is 0 Å². The first-order valence-corrected chi connectivity index (χ1v) is 7.81. The third-order valence-corrected chi connectivity index (χ3v) is 3.42. The van der Waals surface area contributed by atoms with Crippen LogP contribution in [0.3, 0.4) is 0 Å². The van der Waals surface area contributed by atoms with E-state index in [9.17, 15) is 0 Å². The third kappa shape index (κ3) is 4.40. The molecule has 0 spiro atoms. The Morgan fingerprint density at radius 1 is 0.875 bits per heavy atom. The van der Waals surface area contributed by atoms with Crippen LogP contribution in [0.5, 0.6) is 0 Å². The van der Waals surface area contributed by atoms with E-state index in [2.05, 4.69) is 10.1 Å². The Kier molecular flexibility index (Phi) is 5.51. The zero-order chi connectivity index (χ0) is 16.5.